The molecule has 34 heavy (non-hydrogen) atoms. The largest absolute Gasteiger partial charge is 0.352 e. The summed E-state index contributed by atoms with van der Waals surface area (Å²) in [5, 5.41) is 4.94. The van der Waals surface area contributed by atoms with E-state index in [0.29, 0.717) is 48.6 Å². The van der Waals surface area contributed by atoms with Crippen molar-refractivity contribution >= 4 is 33.4 Å². The van der Waals surface area contributed by atoms with Gasteiger partial charge >= 0.3 is 0 Å². The molecule has 1 aliphatic rings. The highest BCUT2D eigenvalue weighted by Gasteiger charge is 2.26. The van der Waals surface area contributed by atoms with Crippen molar-refractivity contribution in [3.63, 3.8) is 0 Å². The molecule has 6 nitrogen and oxygen atoms in total. The van der Waals surface area contributed by atoms with Crippen molar-refractivity contribution in [3.8, 4) is 11.1 Å². The molecule has 4 aromatic rings. The molecule has 3 heterocycles. The fraction of sp³-hybridized carbons (Fsp3) is 0.269. The van der Waals surface area contributed by atoms with E-state index in [4.69, 9.17) is 4.98 Å². The van der Waals surface area contributed by atoms with Crippen LogP contribution in [0.3, 0.4) is 0 Å². The summed E-state index contributed by atoms with van der Waals surface area (Å²) < 4.78 is 13.7. The number of aryl methyl sites for hydroxylation is 1. The fourth-order valence-electron chi connectivity index (χ4n) is 4.37. The number of nitrogens with one attached hydrogen (secondary N) is 2. The lowest BCUT2D eigenvalue weighted by molar-refractivity contribution is -0.125. The van der Waals surface area contributed by atoms with Crippen LogP contribution in [-0.4, -0.2) is 29.0 Å². The fourth-order valence-corrected chi connectivity index (χ4v) is 5.28. The van der Waals surface area contributed by atoms with Crippen molar-refractivity contribution in [1.82, 2.24) is 15.3 Å². The Morgan fingerprint density at radius 1 is 1.21 bits per heavy atom. The molecule has 1 saturated heterocycles. The van der Waals surface area contributed by atoms with Gasteiger partial charge in [-0.15, -0.1) is 11.3 Å². The van der Waals surface area contributed by atoms with Crippen LogP contribution in [0.5, 0.6) is 0 Å². The number of hydrogen-bond donors (Lipinski definition) is 2. The van der Waals surface area contributed by atoms with Crippen LogP contribution in [0.25, 0.3) is 21.3 Å². The van der Waals surface area contributed by atoms with Crippen molar-refractivity contribution in [1.29, 1.82) is 0 Å². The van der Waals surface area contributed by atoms with E-state index in [9.17, 15) is 14.0 Å². The lowest BCUT2D eigenvalue weighted by atomic mass is 9.96. The number of hydrogen-bond acceptors (Lipinski definition) is 5. The predicted molar refractivity (Wildman–Crippen MR) is 134 cm³/mol. The average Bonchev–Trinajstić information content (AvgIpc) is 3.28. The lowest BCUT2D eigenvalue weighted by Crippen LogP contribution is -2.41. The first-order valence-corrected chi connectivity index (χ1v) is 12.2. The minimum atomic E-state index is -0.291. The summed E-state index contributed by atoms with van der Waals surface area (Å²) in [6.45, 7) is 3.69. The van der Waals surface area contributed by atoms with Crippen LogP contribution in [-0.2, 0) is 11.3 Å². The van der Waals surface area contributed by atoms with Gasteiger partial charge in [-0.1, -0.05) is 42.0 Å². The third-order valence-corrected chi connectivity index (χ3v) is 7.26. The molecule has 0 bridgehead atoms. The van der Waals surface area contributed by atoms with Crippen LogP contribution < -0.4 is 15.8 Å². The molecule has 0 spiro atoms. The van der Waals surface area contributed by atoms with Gasteiger partial charge in [0, 0.05) is 36.5 Å². The minimum Gasteiger partial charge on any atom is -0.352 e. The highest BCUT2D eigenvalue weighted by Crippen LogP contribution is 2.32. The van der Waals surface area contributed by atoms with Crippen molar-refractivity contribution in [2.75, 3.05) is 18.0 Å². The number of aromatic nitrogens is 2. The molecule has 2 aromatic heterocycles. The Morgan fingerprint density at radius 3 is 2.71 bits per heavy atom. The molecule has 0 atom stereocenters. The number of thiophene rings is 1. The number of nitrogens with zero attached hydrogens (tertiary/aromatic N) is 2. The van der Waals surface area contributed by atoms with E-state index in [2.05, 4.69) is 16.4 Å². The van der Waals surface area contributed by atoms with Gasteiger partial charge in [-0.2, -0.15) is 0 Å². The van der Waals surface area contributed by atoms with Crippen LogP contribution in [0.2, 0.25) is 0 Å². The molecule has 1 fully saturated rings. The first-order chi connectivity index (χ1) is 16.5. The number of carbonyl (C=O) groups is 1. The zero-order chi connectivity index (χ0) is 23.7. The molecular weight excluding hydrogens is 451 g/mol. The summed E-state index contributed by atoms with van der Waals surface area (Å²) >= 11 is 1.41. The summed E-state index contributed by atoms with van der Waals surface area (Å²) in [6.07, 6.45) is 1.34. The van der Waals surface area contributed by atoms with Crippen molar-refractivity contribution in [2.45, 2.75) is 26.3 Å². The topological polar surface area (TPSA) is 78.1 Å². The van der Waals surface area contributed by atoms with Crippen molar-refractivity contribution < 1.29 is 9.18 Å². The van der Waals surface area contributed by atoms with Gasteiger partial charge in [0.25, 0.3) is 5.56 Å². The third kappa shape index (κ3) is 4.59. The quantitative estimate of drug-likeness (QED) is 0.440. The van der Waals surface area contributed by atoms with Crippen LogP contribution >= 0.6 is 11.3 Å². The maximum Gasteiger partial charge on any atom is 0.270 e. The Balaban J connectivity index is 1.28. The number of anilines is 1. The Hall–Kier alpha value is -3.52. The van der Waals surface area contributed by atoms with Gasteiger partial charge in [0.15, 0.2) is 0 Å². The molecule has 1 amide bonds. The molecule has 1 aliphatic heterocycles. The van der Waals surface area contributed by atoms with E-state index in [-0.39, 0.29) is 23.2 Å². The molecule has 2 aromatic carbocycles. The number of rotatable bonds is 5. The Labute approximate surface area is 200 Å². The van der Waals surface area contributed by atoms with Crippen molar-refractivity contribution in [2.24, 2.45) is 5.92 Å². The summed E-state index contributed by atoms with van der Waals surface area (Å²) in [5.74, 6) is 0.160. The first kappa shape index (κ1) is 22.3. The maximum absolute atomic E-state index is 13.1. The van der Waals surface area contributed by atoms with Gasteiger partial charge in [-0.3, -0.25) is 14.6 Å². The van der Waals surface area contributed by atoms with Gasteiger partial charge in [0.1, 0.15) is 10.5 Å². The minimum absolute atomic E-state index is 0.000415. The Kier molecular flexibility index (Phi) is 6.15. The standard InChI is InChI=1S/C26H25FN4O2S/c1-16-3-2-4-19(13-16)21-15-34-23-22(21)29-26(30-25(23)33)31-11-9-18(10-12-31)24(32)28-14-17-5-7-20(27)8-6-17/h2-8,13,15,18H,9-12,14H2,1H3,(H,28,32)(H,29,30,33). The molecule has 174 valence electrons. The normalized spacial score (nSPS) is 14.5. The summed E-state index contributed by atoms with van der Waals surface area (Å²) in [6, 6.07) is 14.3. The van der Waals surface area contributed by atoms with Gasteiger partial charge in [0.2, 0.25) is 11.9 Å². The molecule has 0 aliphatic carbocycles. The van der Waals surface area contributed by atoms with Gasteiger partial charge in [-0.05, 0) is 43.0 Å². The van der Waals surface area contributed by atoms with Crippen LogP contribution in [0.1, 0.15) is 24.0 Å². The summed E-state index contributed by atoms with van der Waals surface area (Å²) in [5.41, 5.74) is 4.61. The maximum atomic E-state index is 13.1. The Bertz CT molecular complexity index is 1390. The molecule has 0 radical (unpaired) electrons. The molecule has 0 unspecified atom stereocenters. The van der Waals surface area contributed by atoms with E-state index in [1.807, 2.05) is 35.4 Å². The highest BCUT2D eigenvalue weighted by molar-refractivity contribution is 7.17. The first-order valence-electron chi connectivity index (χ1n) is 11.3. The number of piperidine rings is 1. The number of amides is 1. The average molecular weight is 477 g/mol. The van der Waals surface area contributed by atoms with Gasteiger partial charge < -0.3 is 10.2 Å². The number of H-pyrrole nitrogens is 1. The number of benzene rings is 2. The van der Waals surface area contributed by atoms with Crippen LogP contribution in [0.15, 0.2) is 58.7 Å². The summed E-state index contributed by atoms with van der Waals surface area (Å²) in [4.78, 5) is 35.2. The SMILES string of the molecule is Cc1cccc(-c2csc3c(=O)[nH]c(N4CCC(C(=O)NCc5ccc(F)cc5)CC4)nc23)c1. The number of aromatic amines is 1. The molecule has 2 N–H and O–H groups in total. The van der Waals surface area contributed by atoms with Crippen LogP contribution in [0, 0.1) is 18.7 Å². The molecule has 8 heteroatoms. The second-order valence-corrected chi connectivity index (χ2v) is 9.57. The number of carbonyl (C=O) groups excluding carboxylic acids is 1. The van der Waals surface area contributed by atoms with E-state index in [1.165, 1.54) is 23.5 Å². The number of fused-ring (bicyclic) bond motifs is 1. The van der Waals surface area contributed by atoms with E-state index in [1.54, 1.807) is 12.1 Å². The zero-order valence-electron chi connectivity index (χ0n) is 18.8. The highest BCUT2D eigenvalue weighted by atomic mass is 32.1. The summed E-state index contributed by atoms with van der Waals surface area (Å²) in [7, 11) is 0. The third-order valence-electron chi connectivity index (χ3n) is 6.29. The predicted octanol–water partition coefficient (Wildman–Crippen LogP) is 4.63. The smallest absolute Gasteiger partial charge is 0.270 e. The van der Waals surface area contributed by atoms with E-state index < -0.39 is 0 Å². The molecular formula is C26H25FN4O2S. The second kappa shape index (κ2) is 9.38. The monoisotopic (exact) mass is 476 g/mol. The Morgan fingerprint density at radius 2 is 1.97 bits per heavy atom. The molecule has 0 saturated carbocycles. The van der Waals surface area contributed by atoms with Gasteiger partial charge in [0.05, 0.1) is 5.52 Å². The molecule has 5 rings (SSSR count). The van der Waals surface area contributed by atoms with Gasteiger partial charge in [-0.25, -0.2) is 9.37 Å². The number of halogens is 1. The van der Waals surface area contributed by atoms with E-state index in [0.717, 1.165) is 22.3 Å². The second-order valence-electron chi connectivity index (χ2n) is 8.69. The van der Waals surface area contributed by atoms with E-state index >= 15 is 0 Å². The van der Waals surface area contributed by atoms with Crippen molar-refractivity contribution in [3.05, 3.63) is 81.2 Å². The van der Waals surface area contributed by atoms with Crippen LogP contribution in [0.4, 0.5) is 10.3 Å². The zero-order valence-corrected chi connectivity index (χ0v) is 19.6. The lowest BCUT2D eigenvalue weighted by Gasteiger charge is -2.31.